The second kappa shape index (κ2) is 9.05. The second-order valence-electron chi connectivity index (χ2n) is 4.78. The Balaban J connectivity index is 0.000000346. The molecular formula is C17H19ClO4. The van der Waals surface area contributed by atoms with Gasteiger partial charge < -0.3 is 10.2 Å². The van der Waals surface area contributed by atoms with E-state index in [-0.39, 0.29) is 11.1 Å². The van der Waals surface area contributed by atoms with Crippen LogP contribution in [0, 0.1) is 0 Å². The quantitative estimate of drug-likeness (QED) is 0.620. The van der Waals surface area contributed by atoms with Crippen molar-refractivity contribution in [1.82, 2.24) is 0 Å². The van der Waals surface area contributed by atoms with Crippen LogP contribution in [-0.2, 0) is 0 Å². The topological polar surface area (TPSA) is 74.6 Å². The maximum Gasteiger partial charge on any atom is 0.335 e. The van der Waals surface area contributed by atoms with Crippen LogP contribution in [0.25, 0.3) is 10.8 Å². The van der Waals surface area contributed by atoms with Gasteiger partial charge in [0.15, 0.2) is 0 Å². The molecule has 0 aliphatic heterocycles. The number of benzene rings is 2. The zero-order chi connectivity index (χ0) is 16.5. The van der Waals surface area contributed by atoms with Crippen molar-refractivity contribution < 1.29 is 19.8 Å². The summed E-state index contributed by atoms with van der Waals surface area (Å²) in [6.45, 7) is 2.17. The van der Waals surface area contributed by atoms with Gasteiger partial charge in [0.2, 0.25) is 0 Å². The number of hydrogen-bond donors (Lipinski definition) is 2. The number of hydrogen-bond acceptors (Lipinski definition) is 2. The molecule has 0 fully saturated rings. The molecule has 0 atom stereocenters. The molecule has 0 aliphatic carbocycles. The Hall–Kier alpha value is -2.07. The maximum absolute atomic E-state index is 10.7. The summed E-state index contributed by atoms with van der Waals surface area (Å²) in [5, 5.41) is 19.0. The normalized spacial score (nSPS) is 9.91. The van der Waals surface area contributed by atoms with Gasteiger partial charge in [-0.3, -0.25) is 0 Å². The first-order valence-electron chi connectivity index (χ1n) is 7.06. The number of carbonyl (C=O) groups is 2. The molecule has 0 amide bonds. The van der Waals surface area contributed by atoms with E-state index in [1.165, 1.54) is 43.5 Å². The van der Waals surface area contributed by atoms with Crippen molar-refractivity contribution in [3.63, 3.8) is 0 Å². The van der Waals surface area contributed by atoms with Crippen LogP contribution < -0.4 is 0 Å². The molecular weight excluding hydrogens is 304 g/mol. The first-order chi connectivity index (χ1) is 10.5. The first kappa shape index (κ1) is 18.0. The van der Waals surface area contributed by atoms with Gasteiger partial charge in [0.1, 0.15) is 0 Å². The molecule has 0 spiro atoms. The van der Waals surface area contributed by atoms with Crippen LogP contribution in [0.2, 0.25) is 0 Å². The van der Waals surface area contributed by atoms with Crippen LogP contribution >= 0.6 is 11.6 Å². The van der Waals surface area contributed by atoms with Gasteiger partial charge in [0.05, 0.1) is 11.1 Å². The van der Waals surface area contributed by atoms with Gasteiger partial charge >= 0.3 is 11.9 Å². The standard InChI is InChI=1S/C12H8O4.C5H11Cl/c13-11(14)9-3-1-7-5-10(12(15)16)4-2-8(7)6-9;1-2-3-4-5-6/h1-6H,(H,13,14)(H,15,16);2-5H2,1H3. The van der Waals surface area contributed by atoms with Crippen molar-refractivity contribution in [2.45, 2.75) is 26.2 Å². The number of aromatic carboxylic acids is 2. The Morgan fingerprint density at radius 2 is 1.36 bits per heavy atom. The highest BCUT2D eigenvalue weighted by Crippen LogP contribution is 2.18. The van der Waals surface area contributed by atoms with Gasteiger partial charge in [-0.2, -0.15) is 0 Å². The molecule has 0 radical (unpaired) electrons. The molecule has 2 aromatic rings. The molecule has 0 saturated carbocycles. The molecule has 22 heavy (non-hydrogen) atoms. The van der Waals surface area contributed by atoms with Gasteiger partial charge in [0.25, 0.3) is 0 Å². The van der Waals surface area contributed by atoms with Gasteiger partial charge in [-0.15, -0.1) is 11.6 Å². The molecule has 118 valence electrons. The highest BCUT2D eigenvalue weighted by Gasteiger charge is 2.06. The highest BCUT2D eigenvalue weighted by molar-refractivity contribution is 6.17. The van der Waals surface area contributed by atoms with Gasteiger partial charge in [-0.25, -0.2) is 9.59 Å². The van der Waals surface area contributed by atoms with E-state index in [0.717, 1.165) is 5.88 Å². The van der Waals surface area contributed by atoms with Crippen molar-refractivity contribution in [3.05, 3.63) is 47.5 Å². The lowest BCUT2D eigenvalue weighted by Crippen LogP contribution is -1.97. The zero-order valence-corrected chi connectivity index (χ0v) is 13.1. The molecule has 0 heterocycles. The Labute approximate surface area is 134 Å². The molecule has 0 unspecified atom stereocenters. The Kier molecular flexibility index (Phi) is 7.40. The minimum absolute atomic E-state index is 0.190. The van der Waals surface area contributed by atoms with Crippen molar-refractivity contribution in [2.75, 3.05) is 5.88 Å². The lowest BCUT2D eigenvalue weighted by atomic mass is 10.0. The van der Waals surface area contributed by atoms with E-state index in [1.54, 1.807) is 12.1 Å². The average Bonchev–Trinajstić information content (AvgIpc) is 2.52. The van der Waals surface area contributed by atoms with E-state index >= 15 is 0 Å². The number of fused-ring (bicyclic) bond motifs is 1. The van der Waals surface area contributed by atoms with Crippen molar-refractivity contribution >= 4 is 34.3 Å². The lowest BCUT2D eigenvalue weighted by Gasteiger charge is -2.01. The monoisotopic (exact) mass is 322 g/mol. The van der Waals surface area contributed by atoms with Crippen molar-refractivity contribution in [2.24, 2.45) is 0 Å². The van der Waals surface area contributed by atoms with E-state index in [4.69, 9.17) is 21.8 Å². The molecule has 2 N–H and O–H groups in total. The molecule has 0 aromatic heterocycles. The number of unbranched alkanes of at least 4 members (excludes halogenated alkanes) is 2. The summed E-state index contributed by atoms with van der Waals surface area (Å²) in [5.74, 6) is -1.16. The Morgan fingerprint density at radius 3 is 1.64 bits per heavy atom. The second-order valence-corrected chi connectivity index (χ2v) is 5.16. The fraction of sp³-hybridized carbons (Fsp3) is 0.294. The molecule has 4 nitrogen and oxygen atoms in total. The molecule has 0 bridgehead atoms. The van der Waals surface area contributed by atoms with Crippen molar-refractivity contribution in [1.29, 1.82) is 0 Å². The maximum atomic E-state index is 10.7. The van der Waals surface area contributed by atoms with Crippen molar-refractivity contribution in [3.8, 4) is 0 Å². The summed E-state index contributed by atoms with van der Waals surface area (Å²) < 4.78 is 0. The number of carboxylic acid groups (broad SMARTS) is 2. The molecule has 2 rings (SSSR count). The SMILES string of the molecule is CCCCCCl.O=C(O)c1ccc2cc(C(=O)O)ccc2c1. The zero-order valence-electron chi connectivity index (χ0n) is 12.4. The summed E-state index contributed by atoms with van der Waals surface area (Å²) in [6.07, 6.45) is 3.73. The fourth-order valence-electron chi connectivity index (χ4n) is 1.86. The van der Waals surface area contributed by atoms with Gasteiger partial charge in [0, 0.05) is 5.88 Å². The Bertz CT molecular complexity index is 595. The summed E-state index contributed by atoms with van der Waals surface area (Å²) in [6, 6.07) is 9.15. The van der Waals surface area contributed by atoms with Crippen LogP contribution in [0.4, 0.5) is 0 Å². The van der Waals surface area contributed by atoms with E-state index in [1.807, 2.05) is 0 Å². The minimum Gasteiger partial charge on any atom is -0.478 e. The van der Waals surface area contributed by atoms with E-state index in [2.05, 4.69) is 6.92 Å². The number of carboxylic acids is 2. The van der Waals surface area contributed by atoms with E-state index in [0.29, 0.717) is 10.8 Å². The highest BCUT2D eigenvalue weighted by atomic mass is 35.5. The molecule has 0 saturated heterocycles. The number of alkyl halides is 1. The third-order valence-electron chi connectivity index (χ3n) is 3.07. The molecule has 2 aromatic carbocycles. The third-order valence-corrected chi connectivity index (χ3v) is 3.34. The largest absolute Gasteiger partial charge is 0.478 e. The molecule has 5 heteroatoms. The summed E-state index contributed by atoms with van der Waals surface area (Å²) in [7, 11) is 0. The van der Waals surface area contributed by atoms with Crippen LogP contribution in [0.3, 0.4) is 0 Å². The predicted molar refractivity (Wildman–Crippen MR) is 88.1 cm³/mol. The fourth-order valence-corrected chi connectivity index (χ4v) is 2.05. The summed E-state index contributed by atoms with van der Waals surface area (Å²) >= 11 is 5.38. The van der Waals surface area contributed by atoms with Gasteiger partial charge in [-0.05, 0) is 41.5 Å². The number of rotatable bonds is 5. The smallest absolute Gasteiger partial charge is 0.335 e. The first-order valence-corrected chi connectivity index (χ1v) is 7.59. The van der Waals surface area contributed by atoms with Gasteiger partial charge in [-0.1, -0.05) is 31.9 Å². The average molecular weight is 323 g/mol. The number of halogens is 1. The lowest BCUT2D eigenvalue weighted by molar-refractivity contribution is 0.0686. The van der Waals surface area contributed by atoms with Crippen LogP contribution in [0.15, 0.2) is 36.4 Å². The Morgan fingerprint density at radius 1 is 0.909 bits per heavy atom. The van der Waals surface area contributed by atoms with Crippen LogP contribution in [0.5, 0.6) is 0 Å². The summed E-state index contributed by atoms with van der Waals surface area (Å²) in [5.41, 5.74) is 0.381. The van der Waals surface area contributed by atoms with Crippen LogP contribution in [-0.4, -0.2) is 28.0 Å². The van der Waals surface area contributed by atoms with E-state index in [9.17, 15) is 9.59 Å². The van der Waals surface area contributed by atoms with Crippen LogP contribution in [0.1, 0.15) is 46.9 Å². The molecule has 0 aliphatic rings. The van der Waals surface area contributed by atoms with E-state index < -0.39 is 11.9 Å². The minimum atomic E-state index is -0.996. The summed E-state index contributed by atoms with van der Waals surface area (Å²) in [4.78, 5) is 21.5. The third kappa shape index (κ3) is 5.37. The predicted octanol–water partition coefficient (Wildman–Crippen LogP) is 4.65.